The van der Waals surface area contributed by atoms with E-state index in [1.165, 1.54) is 16.3 Å². The Hall–Kier alpha value is -0.256. The van der Waals surface area contributed by atoms with Crippen LogP contribution in [0.25, 0.3) is 0 Å². The summed E-state index contributed by atoms with van der Waals surface area (Å²) in [6, 6.07) is 4.49. The lowest BCUT2D eigenvalue weighted by Gasteiger charge is -2.32. The number of hydrogen-bond acceptors (Lipinski definition) is 1. The van der Waals surface area contributed by atoms with E-state index >= 15 is 0 Å². The average Bonchev–Trinajstić information content (AvgIpc) is 2.14. The minimum Gasteiger partial charge on any atom is -0.544 e. The highest BCUT2D eigenvalue weighted by molar-refractivity contribution is 7.26. The van der Waals surface area contributed by atoms with Crippen LogP contribution >= 0.6 is 11.1 Å². The predicted octanol–water partition coefficient (Wildman–Crippen LogP) is 5.16. The summed E-state index contributed by atoms with van der Waals surface area (Å²) < 4.78 is 6.46. The number of benzene rings is 1. The molecule has 0 spiro atoms. The first kappa shape index (κ1) is 17.8. The van der Waals surface area contributed by atoms with Gasteiger partial charge in [0.15, 0.2) is 7.38 Å². The van der Waals surface area contributed by atoms with Gasteiger partial charge in [0.25, 0.3) is 0 Å². The SMILES string of the molecule is Cc1cc(C(C)(C)C)c(O[Si](C)(C)C)c([Si](C)(C)Cl)c1. The van der Waals surface area contributed by atoms with Crippen molar-refractivity contribution in [2.24, 2.45) is 0 Å². The first-order valence-corrected chi connectivity index (χ1v) is 14.7. The first-order chi connectivity index (χ1) is 8.72. The molecule has 114 valence electrons. The number of aryl methyl sites for hydroxylation is 1. The van der Waals surface area contributed by atoms with E-state index in [-0.39, 0.29) is 5.41 Å². The van der Waals surface area contributed by atoms with E-state index in [1.54, 1.807) is 0 Å². The van der Waals surface area contributed by atoms with Crippen molar-refractivity contribution in [1.82, 2.24) is 0 Å². The summed E-state index contributed by atoms with van der Waals surface area (Å²) in [5.74, 6) is 1.06. The van der Waals surface area contributed by atoms with E-state index in [0.29, 0.717) is 0 Å². The van der Waals surface area contributed by atoms with E-state index in [4.69, 9.17) is 15.5 Å². The van der Waals surface area contributed by atoms with Gasteiger partial charge in [-0.25, -0.2) is 0 Å². The maximum Gasteiger partial charge on any atom is 0.242 e. The van der Waals surface area contributed by atoms with E-state index in [2.05, 4.69) is 72.6 Å². The normalized spacial score (nSPS) is 13.5. The third-order valence-electron chi connectivity index (χ3n) is 3.09. The number of hydrogen-bond donors (Lipinski definition) is 0. The molecule has 0 unspecified atom stereocenters. The molecule has 0 radical (unpaired) electrons. The lowest BCUT2D eigenvalue weighted by atomic mass is 9.85. The molecule has 0 atom stereocenters. The lowest BCUT2D eigenvalue weighted by molar-refractivity contribution is 0.511. The standard InChI is InChI=1S/C16H29ClOSi2/c1-12-10-13(16(2,3)4)15(18-19(5,6)7)14(11-12)20(8,9)17/h10-11H,1-9H3. The van der Waals surface area contributed by atoms with Gasteiger partial charge in [0.2, 0.25) is 8.32 Å². The molecule has 1 aromatic carbocycles. The van der Waals surface area contributed by atoms with Crippen LogP contribution < -0.4 is 9.61 Å². The van der Waals surface area contributed by atoms with Crippen LogP contribution in [0.2, 0.25) is 32.7 Å². The Morgan fingerprint density at radius 1 is 1.00 bits per heavy atom. The highest BCUT2D eigenvalue weighted by Crippen LogP contribution is 2.34. The van der Waals surface area contributed by atoms with Crippen molar-refractivity contribution in [3.05, 3.63) is 23.3 Å². The molecule has 0 aromatic heterocycles. The molecule has 1 nitrogen and oxygen atoms in total. The summed E-state index contributed by atoms with van der Waals surface area (Å²) in [6.45, 7) is 19.9. The minimum atomic E-state index is -1.95. The molecule has 0 aliphatic rings. The lowest BCUT2D eigenvalue weighted by Crippen LogP contribution is -2.42. The molecule has 4 heteroatoms. The van der Waals surface area contributed by atoms with Crippen molar-refractivity contribution in [3.63, 3.8) is 0 Å². The Labute approximate surface area is 131 Å². The third-order valence-corrected chi connectivity index (χ3v) is 6.17. The zero-order valence-electron chi connectivity index (χ0n) is 14.4. The Morgan fingerprint density at radius 2 is 1.50 bits per heavy atom. The maximum atomic E-state index is 6.76. The van der Waals surface area contributed by atoms with Gasteiger partial charge in [-0.3, -0.25) is 0 Å². The van der Waals surface area contributed by atoms with E-state index in [9.17, 15) is 0 Å². The van der Waals surface area contributed by atoms with Crippen LogP contribution in [-0.4, -0.2) is 15.7 Å². The fraction of sp³-hybridized carbons (Fsp3) is 0.625. The van der Waals surface area contributed by atoms with Crippen molar-refractivity contribution in [3.8, 4) is 5.75 Å². The molecule has 1 rings (SSSR count). The molecule has 0 N–H and O–H groups in total. The highest BCUT2D eigenvalue weighted by Gasteiger charge is 2.32. The predicted molar refractivity (Wildman–Crippen MR) is 96.8 cm³/mol. The van der Waals surface area contributed by atoms with E-state index in [1.807, 2.05) is 0 Å². The molecule has 20 heavy (non-hydrogen) atoms. The molecule has 0 amide bonds. The smallest absolute Gasteiger partial charge is 0.242 e. The Bertz CT molecular complexity index is 456. The quantitative estimate of drug-likeness (QED) is 0.550. The fourth-order valence-corrected chi connectivity index (χ4v) is 4.84. The van der Waals surface area contributed by atoms with Crippen LogP contribution in [0.4, 0.5) is 0 Å². The van der Waals surface area contributed by atoms with Crippen LogP contribution in [-0.2, 0) is 5.41 Å². The topological polar surface area (TPSA) is 9.23 Å². The second kappa shape index (κ2) is 5.50. The largest absolute Gasteiger partial charge is 0.544 e. The van der Waals surface area contributed by atoms with Gasteiger partial charge >= 0.3 is 0 Å². The summed E-state index contributed by atoms with van der Waals surface area (Å²) in [4.78, 5) is 0. The molecule has 0 aliphatic heterocycles. The first-order valence-electron chi connectivity index (χ1n) is 7.25. The van der Waals surface area contributed by atoms with Crippen molar-refractivity contribution < 1.29 is 4.43 Å². The Morgan fingerprint density at radius 3 is 1.85 bits per heavy atom. The molecule has 1 aromatic rings. The zero-order chi connectivity index (χ0) is 15.9. The van der Waals surface area contributed by atoms with Crippen LogP contribution in [0.1, 0.15) is 31.9 Å². The van der Waals surface area contributed by atoms with Crippen LogP contribution in [0.3, 0.4) is 0 Å². The van der Waals surface area contributed by atoms with Gasteiger partial charge in [-0.15, -0.1) is 0 Å². The van der Waals surface area contributed by atoms with Gasteiger partial charge in [-0.1, -0.05) is 51.6 Å². The van der Waals surface area contributed by atoms with Gasteiger partial charge < -0.3 is 4.43 Å². The van der Waals surface area contributed by atoms with Crippen molar-refractivity contribution in [2.75, 3.05) is 0 Å². The molecule has 0 aliphatic carbocycles. The molecule has 0 saturated carbocycles. The summed E-state index contributed by atoms with van der Waals surface area (Å²) >= 11 is 6.76. The summed E-state index contributed by atoms with van der Waals surface area (Å²) in [7, 11) is -3.62. The summed E-state index contributed by atoms with van der Waals surface area (Å²) in [6.07, 6.45) is 0. The summed E-state index contributed by atoms with van der Waals surface area (Å²) in [5, 5.41) is 1.24. The molecular formula is C16H29ClOSi2. The van der Waals surface area contributed by atoms with Gasteiger partial charge in [0, 0.05) is 0 Å². The van der Waals surface area contributed by atoms with Crippen molar-refractivity contribution in [2.45, 2.75) is 65.8 Å². The minimum absolute atomic E-state index is 0.0618. The molecule has 0 heterocycles. The second-order valence-corrected chi connectivity index (χ2v) is 18.9. The Kier molecular flexibility index (Phi) is 4.90. The zero-order valence-corrected chi connectivity index (χ0v) is 17.2. The monoisotopic (exact) mass is 328 g/mol. The maximum absolute atomic E-state index is 6.76. The van der Waals surface area contributed by atoms with Crippen molar-refractivity contribution in [1.29, 1.82) is 0 Å². The second-order valence-electron chi connectivity index (χ2n) is 8.13. The van der Waals surface area contributed by atoms with Crippen molar-refractivity contribution >= 4 is 32.0 Å². The number of halogens is 1. The van der Waals surface area contributed by atoms with Gasteiger partial charge in [0.05, 0.1) is 0 Å². The average molecular weight is 329 g/mol. The van der Waals surface area contributed by atoms with E-state index < -0.39 is 15.7 Å². The Balaban J connectivity index is 3.63. The molecule has 0 bridgehead atoms. The third kappa shape index (κ3) is 4.64. The number of rotatable bonds is 3. The van der Waals surface area contributed by atoms with Crippen LogP contribution in [0, 0.1) is 6.92 Å². The van der Waals surface area contributed by atoms with Crippen LogP contribution in [0.15, 0.2) is 12.1 Å². The molecule has 0 fully saturated rings. The van der Waals surface area contributed by atoms with Gasteiger partial charge in [-0.05, 0) is 42.7 Å². The molecule has 0 saturated heterocycles. The van der Waals surface area contributed by atoms with E-state index in [0.717, 1.165) is 5.75 Å². The molecular weight excluding hydrogens is 300 g/mol. The van der Waals surface area contributed by atoms with Gasteiger partial charge in [0.1, 0.15) is 5.75 Å². The van der Waals surface area contributed by atoms with Crippen LogP contribution in [0.5, 0.6) is 5.75 Å². The highest BCUT2D eigenvalue weighted by atomic mass is 35.6. The summed E-state index contributed by atoms with van der Waals surface area (Å²) in [5.41, 5.74) is 2.62. The fourth-order valence-electron chi connectivity index (χ4n) is 2.19. The van der Waals surface area contributed by atoms with Gasteiger partial charge in [-0.2, -0.15) is 11.1 Å².